The molecule has 31 heavy (non-hydrogen) atoms. The van der Waals surface area contributed by atoms with E-state index in [0.29, 0.717) is 11.5 Å². The standard InChI is InChI=1S/C28H38F2Si/c1-2-3-4-17-31-18-15-23(16-19-31)21-5-7-22(8-6-21)25-11-14-27(28(30)20-25)24-9-12-26(29)13-10-24/h9-14,20-23,31H,2-8,15-19H2,1H3. The zero-order chi connectivity index (χ0) is 21.6. The fourth-order valence-electron chi connectivity index (χ4n) is 6.20. The van der Waals surface area contributed by atoms with E-state index in [2.05, 4.69) is 13.0 Å². The molecule has 1 saturated carbocycles. The van der Waals surface area contributed by atoms with Gasteiger partial charge in [0, 0.05) is 14.4 Å². The predicted molar refractivity (Wildman–Crippen MR) is 130 cm³/mol. The molecular formula is C28H38F2Si. The highest BCUT2D eigenvalue weighted by Gasteiger charge is 2.31. The van der Waals surface area contributed by atoms with Gasteiger partial charge in [-0.1, -0.05) is 81.4 Å². The van der Waals surface area contributed by atoms with Gasteiger partial charge in [0.05, 0.1) is 0 Å². The van der Waals surface area contributed by atoms with Gasteiger partial charge in [0.15, 0.2) is 0 Å². The van der Waals surface area contributed by atoms with Crippen molar-refractivity contribution >= 4 is 8.80 Å². The van der Waals surface area contributed by atoms with Crippen LogP contribution in [0.2, 0.25) is 18.1 Å². The molecule has 1 heterocycles. The third kappa shape index (κ3) is 5.86. The predicted octanol–water partition coefficient (Wildman–Crippen LogP) is 8.73. The Morgan fingerprint density at radius 1 is 0.806 bits per heavy atom. The van der Waals surface area contributed by atoms with Crippen LogP contribution in [0.4, 0.5) is 8.78 Å². The van der Waals surface area contributed by atoms with Gasteiger partial charge in [0.2, 0.25) is 0 Å². The van der Waals surface area contributed by atoms with E-state index in [4.69, 9.17) is 0 Å². The summed E-state index contributed by atoms with van der Waals surface area (Å²) < 4.78 is 28.0. The van der Waals surface area contributed by atoms with Crippen molar-refractivity contribution in [2.45, 2.75) is 88.8 Å². The van der Waals surface area contributed by atoms with Crippen molar-refractivity contribution in [3.05, 3.63) is 59.7 Å². The third-order valence-corrected chi connectivity index (χ3v) is 11.7. The van der Waals surface area contributed by atoms with Gasteiger partial charge >= 0.3 is 0 Å². The Morgan fingerprint density at radius 3 is 2.13 bits per heavy atom. The van der Waals surface area contributed by atoms with Crippen LogP contribution in [-0.2, 0) is 0 Å². The van der Waals surface area contributed by atoms with Crippen molar-refractivity contribution < 1.29 is 8.78 Å². The average Bonchev–Trinajstić information content (AvgIpc) is 2.81. The van der Waals surface area contributed by atoms with Gasteiger partial charge in [-0.15, -0.1) is 0 Å². The van der Waals surface area contributed by atoms with Gasteiger partial charge < -0.3 is 0 Å². The summed E-state index contributed by atoms with van der Waals surface area (Å²) in [4.78, 5) is 0. The van der Waals surface area contributed by atoms with E-state index in [1.807, 2.05) is 6.07 Å². The van der Waals surface area contributed by atoms with Crippen LogP contribution < -0.4 is 0 Å². The molecule has 4 rings (SSSR count). The summed E-state index contributed by atoms with van der Waals surface area (Å²) in [5, 5.41) is 0. The second-order valence-electron chi connectivity index (χ2n) is 10.1. The summed E-state index contributed by atoms with van der Waals surface area (Å²) in [5.74, 6) is 1.90. The Balaban J connectivity index is 1.28. The monoisotopic (exact) mass is 440 g/mol. The number of hydrogen-bond acceptors (Lipinski definition) is 0. The van der Waals surface area contributed by atoms with E-state index in [1.165, 1.54) is 69.9 Å². The van der Waals surface area contributed by atoms with E-state index in [0.717, 1.165) is 23.0 Å². The maximum absolute atomic E-state index is 14.8. The van der Waals surface area contributed by atoms with Crippen molar-refractivity contribution in [1.82, 2.24) is 0 Å². The van der Waals surface area contributed by atoms with Gasteiger partial charge in [-0.3, -0.25) is 0 Å². The quantitative estimate of drug-likeness (QED) is 0.298. The highest BCUT2D eigenvalue weighted by Crippen LogP contribution is 2.44. The summed E-state index contributed by atoms with van der Waals surface area (Å²) in [6.07, 6.45) is 12.3. The minimum atomic E-state index is -0.414. The van der Waals surface area contributed by atoms with Crippen LogP contribution in [0.5, 0.6) is 0 Å². The molecule has 0 bridgehead atoms. The largest absolute Gasteiger partial charge is 0.207 e. The lowest BCUT2D eigenvalue weighted by Gasteiger charge is -2.37. The lowest BCUT2D eigenvalue weighted by Crippen LogP contribution is -2.28. The SMILES string of the molecule is CCCCC[SiH]1CCC(C2CCC(c3ccc(-c4ccc(F)cc4)c(F)c3)CC2)CC1. The molecule has 0 amide bonds. The number of unbranched alkanes of at least 4 members (excludes halogenated alkanes) is 2. The first-order chi connectivity index (χ1) is 15.1. The Hall–Kier alpha value is -1.48. The lowest BCUT2D eigenvalue weighted by atomic mass is 9.72. The zero-order valence-electron chi connectivity index (χ0n) is 19.1. The van der Waals surface area contributed by atoms with Crippen LogP contribution in [0.3, 0.4) is 0 Å². The summed E-state index contributed by atoms with van der Waals surface area (Å²) in [6, 6.07) is 16.6. The van der Waals surface area contributed by atoms with Crippen LogP contribution >= 0.6 is 0 Å². The van der Waals surface area contributed by atoms with Crippen LogP contribution in [0.25, 0.3) is 11.1 Å². The maximum atomic E-state index is 14.8. The maximum Gasteiger partial charge on any atom is 0.131 e. The summed E-state index contributed by atoms with van der Waals surface area (Å²) in [5.41, 5.74) is 2.45. The van der Waals surface area contributed by atoms with Crippen molar-refractivity contribution in [3.8, 4) is 11.1 Å². The van der Waals surface area contributed by atoms with Crippen LogP contribution in [0, 0.1) is 23.5 Å². The zero-order valence-corrected chi connectivity index (χ0v) is 20.2. The van der Waals surface area contributed by atoms with E-state index < -0.39 is 8.80 Å². The summed E-state index contributed by atoms with van der Waals surface area (Å²) in [6.45, 7) is 2.31. The molecule has 3 heteroatoms. The molecule has 0 N–H and O–H groups in total. The van der Waals surface area contributed by atoms with Crippen LogP contribution in [0.15, 0.2) is 42.5 Å². The second kappa shape index (κ2) is 10.9. The molecule has 1 aliphatic heterocycles. The molecule has 0 nitrogen and oxygen atoms in total. The molecule has 2 fully saturated rings. The molecule has 0 aromatic heterocycles. The van der Waals surface area contributed by atoms with E-state index in [-0.39, 0.29) is 11.6 Å². The molecule has 168 valence electrons. The Morgan fingerprint density at radius 2 is 1.48 bits per heavy atom. The molecule has 2 aliphatic rings. The van der Waals surface area contributed by atoms with Gasteiger partial charge in [-0.25, -0.2) is 8.78 Å². The topological polar surface area (TPSA) is 0 Å². The summed E-state index contributed by atoms with van der Waals surface area (Å²) in [7, 11) is -0.414. The van der Waals surface area contributed by atoms with Crippen LogP contribution in [0.1, 0.15) is 76.2 Å². The Bertz CT molecular complexity index is 815. The first-order valence-electron chi connectivity index (χ1n) is 12.7. The Kier molecular flexibility index (Phi) is 7.98. The third-order valence-electron chi connectivity index (χ3n) is 8.17. The lowest BCUT2D eigenvalue weighted by molar-refractivity contribution is 0.216. The smallest absolute Gasteiger partial charge is 0.131 e. The molecule has 2 aromatic rings. The van der Waals surface area contributed by atoms with Gasteiger partial charge in [-0.2, -0.15) is 0 Å². The van der Waals surface area contributed by atoms with Crippen molar-refractivity contribution in [2.24, 2.45) is 11.8 Å². The summed E-state index contributed by atoms with van der Waals surface area (Å²) >= 11 is 0. The molecular weight excluding hydrogens is 402 g/mol. The molecule has 0 radical (unpaired) electrons. The fraction of sp³-hybridized carbons (Fsp3) is 0.571. The number of halogens is 2. The number of hydrogen-bond donors (Lipinski definition) is 0. The average molecular weight is 441 g/mol. The van der Waals surface area contributed by atoms with Crippen molar-refractivity contribution in [3.63, 3.8) is 0 Å². The fourth-order valence-corrected chi connectivity index (χ4v) is 9.74. The molecule has 0 unspecified atom stereocenters. The molecule has 1 aliphatic carbocycles. The Labute approximate surface area is 189 Å². The minimum absolute atomic E-state index is 0.183. The first-order valence-corrected chi connectivity index (χ1v) is 15.1. The highest BCUT2D eigenvalue weighted by molar-refractivity contribution is 6.58. The van der Waals surface area contributed by atoms with E-state index in [9.17, 15) is 8.78 Å². The molecule has 2 aromatic carbocycles. The molecule has 0 spiro atoms. The molecule has 0 atom stereocenters. The van der Waals surface area contributed by atoms with Gasteiger partial charge in [-0.05, 0) is 72.8 Å². The van der Waals surface area contributed by atoms with Gasteiger partial charge in [0.25, 0.3) is 0 Å². The van der Waals surface area contributed by atoms with Crippen LogP contribution in [-0.4, -0.2) is 8.80 Å². The van der Waals surface area contributed by atoms with E-state index >= 15 is 0 Å². The minimum Gasteiger partial charge on any atom is -0.207 e. The van der Waals surface area contributed by atoms with Crippen molar-refractivity contribution in [1.29, 1.82) is 0 Å². The van der Waals surface area contributed by atoms with E-state index in [1.54, 1.807) is 36.3 Å². The van der Waals surface area contributed by atoms with Crippen molar-refractivity contribution in [2.75, 3.05) is 0 Å². The van der Waals surface area contributed by atoms with Gasteiger partial charge in [0.1, 0.15) is 11.6 Å². The molecule has 1 saturated heterocycles. The normalized spacial score (nSPS) is 26.7. The second-order valence-corrected chi connectivity index (χ2v) is 13.6. The highest BCUT2D eigenvalue weighted by atomic mass is 28.3. The number of rotatable bonds is 7. The number of benzene rings is 2. The first kappa shape index (κ1) is 22.7.